The van der Waals surface area contributed by atoms with Gasteiger partial charge in [0.15, 0.2) is 6.07 Å². The van der Waals surface area contributed by atoms with Gasteiger partial charge in [-0.2, -0.15) is 10.5 Å². The van der Waals surface area contributed by atoms with Gasteiger partial charge < -0.3 is 10.1 Å². The second-order valence-electron chi connectivity index (χ2n) is 6.77. The Hall–Kier alpha value is -3.03. The summed E-state index contributed by atoms with van der Waals surface area (Å²) in [5.41, 5.74) is 1.95. The predicted octanol–water partition coefficient (Wildman–Crippen LogP) is 4.18. The number of hydrogen-bond acceptors (Lipinski definition) is 6. The summed E-state index contributed by atoms with van der Waals surface area (Å²) in [6.07, 6.45) is 0.695. The summed E-state index contributed by atoms with van der Waals surface area (Å²) in [5, 5.41) is 25.2. The van der Waals surface area contributed by atoms with Crippen molar-refractivity contribution in [3.63, 3.8) is 0 Å². The first-order chi connectivity index (χ1) is 12.3. The number of fused-ring (bicyclic) bond motifs is 1. The Morgan fingerprint density at radius 3 is 2.54 bits per heavy atom. The molecule has 0 radical (unpaired) electrons. The summed E-state index contributed by atoms with van der Waals surface area (Å²) in [5.74, 6) is 0. The quantitative estimate of drug-likeness (QED) is 0.780. The van der Waals surface area contributed by atoms with Gasteiger partial charge in [0.1, 0.15) is 12.1 Å². The number of halogens is 1. The van der Waals surface area contributed by atoms with Crippen molar-refractivity contribution in [3.05, 3.63) is 29.5 Å². The number of amides is 1. The molecule has 0 spiro atoms. The van der Waals surface area contributed by atoms with Crippen LogP contribution in [0.4, 0.5) is 16.2 Å². The van der Waals surface area contributed by atoms with E-state index in [9.17, 15) is 15.3 Å². The van der Waals surface area contributed by atoms with Crippen LogP contribution in [0.1, 0.15) is 31.9 Å². The van der Waals surface area contributed by atoms with Crippen LogP contribution < -0.4 is 10.6 Å². The number of nitrogens with one attached hydrogen (secondary N) is 2. The topological polar surface area (TPSA) is 111 Å². The molecule has 0 unspecified atom stereocenters. The van der Waals surface area contributed by atoms with Gasteiger partial charge in [0, 0.05) is 23.8 Å². The van der Waals surface area contributed by atoms with Crippen molar-refractivity contribution in [1.82, 2.24) is 4.98 Å². The zero-order valence-corrected chi connectivity index (χ0v) is 15.4. The Labute approximate surface area is 156 Å². The molecule has 8 heteroatoms. The van der Waals surface area contributed by atoms with Crippen LogP contribution in [0.2, 0.25) is 0 Å². The molecule has 1 aromatic heterocycles. The van der Waals surface area contributed by atoms with Crippen LogP contribution >= 0.6 is 11.6 Å². The number of aromatic nitrogens is 1. The van der Waals surface area contributed by atoms with Crippen LogP contribution in [0.25, 0.3) is 10.9 Å². The van der Waals surface area contributed by atoms with Crippen LogP contribution in [0.15, 0.2) is 18.3 Å². The number of rotatable bonds is 4. The van der Waals surface area contributed by atoms with Crippen LogP contribution in [0.3, 0.4) is 0 Å². The van der Waals surface area contributed by atoms with E-state index in [2.05, 4.69) is 53.3 Å². The summed E-state index contributed by atoms with van der Waals surface area (Å²) < 4.78 is 4.65. The van der Waals surface area contributed by atoms with Gasteiger partial charge in [-0.1, -0.05) is 32.4 Å². The zero-order valence-electron chi connectivity index (χ0n) is 14.7. The summed E-state index contributed by atoms with van der Waals surface area (Å²) in [6, 6.07) is 7.01. The van der Waals surface area contributed by atoms with Crippen molar-refractivity contribution in [2.75, 3.05) is 23.2 Å². The fraction of sp³-hybridized carbons (Fsp3) is 0.333. The molecule has 2 rings (SSSR count). The van der Waals surface area contributed by atoms with E-state index >= 15 is 0 Å². The molecule has 26 heavy (non-hydrogen) atoms. The molecule has 0 fully saturated rings. The van der Waals surface area contributed by atoms with E-state index in [-0.39, 0.29) is 17.0 Å². The second kappa shape index (κ2) is 7.90. The van der Waals surface area contributed by atoms with Gasteiger partial charge in [-0.15, -0.1) is 0 Å². The molecule has 2 N–H and O–H groups in total. The molecule has 0 aliphatic rings. The number of hydrogen-bond donors (Lipinski definition) is 2. The molecular formula is C18H18ClN5O2. The first-order valence-corrected chi connectivity index (χ1v) is 8.33. The van der Waals surface area contributed by atoms with Gasteiger partial charge in [0.05, 0.1) is 22.3 Å². The fourth-order valence-corrected chi connectivity index (χ4v) is 2.39. The highest BCUT2D eigenvalue weighted by molar-refractivity contribution is 6.17. The van der Waals surface area contributed by atoms with Crippen LogP contribution in [0.5, 0.6) is 0 Å². The van der Waals surface area contributed by atoms with Gasteiger partial charge in [-0.25, -0.2) is 4.79 Å². The lowest BCUT2D eigenvalue weighted by Crippen LogP contribution is -2.20. The smallest absolute Gasteiger partial charge is 0.412 e. The van der Waals surface area contributed by atoms with Crippen molar-refractivity contribution >= 4 is 40.0 Å². The van der Waals surface area contributed by atoms with E-state index in [1.54, 1.807) is 6.07 Å². The molecule has 0 bridgehead atoms. The van der Waals surface area contributed by atoms with E-state index in [4.69, 9.17) is 11.6 Å². The molecule has 134 valence electrons. The average Bonchev–Trinajstić information content (AvgIpc) is 2.58. The molecule has 0 atom stereocenters. The first kappa shape index (κ1) is 19.3. The van der Waals surface area contributed by atoms with Gasteiger partial charge in [0.25, 0.3) is 0 Å². The minimum absolute atomic E-state index is 0.0274. The van der Waals surface area contributed by atoms with Crippen LogP contribution in [-0.4, -0.2) is 23.7 Å². The lowest BCUT2D eigenvalue weighted by molar-refractivity contribution is 0.180. The minimum atomic E-state index is -0.739. The van der Waals surface area contributed by atoms with E-state index in [0.29, 0.717) is 34.4 Å². The number of anilines is 2. The number of nitriles is 2. The van der Waals surface area contributed by atoms with Crippen molar-refractivity contribution in [2.24, 2.45) is 5.41 Å². The second-order valence-corrected chi connectivity index (χ2v) is 6.99. The lowest BCUT2D eigenvalue weighted by Gasteiger charge is -2.21. The largest absolute Gasteiger partial charge is 0.433 e. The number of carbonyl (C=O) groups is 1. The molecule has 1 aromatic carbocycles. The Bertz CT molecular complexity index is 922. The maximum Gasteiger partial charge on any atom is 0.412 e. The number of nitrogens with zero attached hydrogens (tertiary/aromatic N) is 3. The van der Waals surface area contributed by atoms with Gasteiger partial charge in [0.2, 0.25) is 0 Å². The van der Waals surface area contributed by atoms with E-state index in [1.807, 2.05) is 0 Å². The predicted molar refractivity (Wildman–Crippen MR) is 99.9 cm³/mol. The standard InChI is InChI=1S/C18H18ClN5O2/c1-18(2,3)9-23-16-12(7-21)8-22-15-11(6-20)4-13(5-14(15)16)24-17(25)26-10-19/h4-5,8H,9-10H2,1-3H3,(H,22,23)(H,24,25). The molecule has 1 heterocycles. The Balaban J connectivity index is 2.61. The van der Waals surface area contributed by atoms with Crippen molar-refractivity contribution < 1.29 is 9.53 Å². The Morgan fingerprint density at radius 2 is 1.96 bits per heavy atom. The normalized spacial score (nSPS) is 10.7. The van der Waals surface area contributed by atoms with Gasteiger partial charge in [-0.05, 0) is 17.5 Å². The minimum Gasteiger partial charge on any atom is -0.433 e. The first-order valence-electron chi connectivity index (χ1n) is 7.79. The number of benzene rings is 1. The summed E-state index contributed by atoms with van der Waals surface area (Å²) in [4.78, 5) is 15.9. The molecule has 0 saturated heterocycles. The maximum absolute atomic E-state index is 11.6. The third-order valence-electron chi connectivity index (χ3n) is 3.44. The van der Waals surface area contributed by atoms with Crippen molar-refractivity contribution in [3.8, 4) is 12.1 Å². The SMILES string of the molecule is CC(C)(C)CNc1c(C#N)cnc2c(C#N)cc(NC(=O)OCCl)cc12. The summed E-state index contributed by atoms with van der Waals surface area (Å²) >= 11 is 5.37. The summed E-state index contributed by atoms with van der Waals surface area (Å²) in [6.45, 7) is 6.79. The fourth-order valence-electron chi connectivity index (χ4n) is 2.29. The van der Waals surface area contributed by atoms with Crippen LogP contribution in [0, 0.1) is 28.1 Å². The third kappa shape index (κ3) is 4.53. The molecule has 0 aliphatic carbocycles. The monoisotopic (exact) mass is 371 g/mol. The van der Waals surface area contributed by atoms with E-state index < -0.39 is 6.09 Å². The third-order valence-corrected chi connectivity index (χ3v) is 3.55. The number of pyridine rings is 1. The Morgan fingerprint density at radius 1 is 1.27 bits per heavy atom. The van der Waals surface area contributed by atoms with E-state index in [1.165, 1.54) is 12.3 Å². The van der Waals surface area contributed by atoms with Gasteiger partial charge in [-0.3, -0.25) is 10.3 Å². The van der Waals surface area contributed by atoms with E-state index in [0.717, 1.165) is 0 Å². The highest BCUT2D eigenvalue weighted by atomic mass is 35.5. The highest BCUT2D eigenvalue weighted by Gasteiger charge is 2.17. The summed E-state index contributed by atoms with van der Waals surface area (Å²) in [7, 11) is 0. The molecule has 0 aliphatic heterocycles. The Kier molecular flexibility index (Phi) is 5.86. The highest BCUT2D eigenvalue weighted by Crippen LogP contribution is 2.31. The number of alkyl halides is 1. The zero-order chi connectivity index (χ0) is 19.3. The number of ether oxygens (including phenoxy) is 1. The molecule has 0 saturated carbocycles. The molecule has 2 aromatic rings. The maximum atomic E-state index is 11.6. The lowest BCUT2D eigenvalue weighted by atomic mass is 9.96. The molecule has 1 amide bonds. The molecule has 7 nitrogen and oxygen atoms in total. The van der Waals surface area contributed by atoms with Gasteiger partial charge >= 0.3 is 6.09 Å². The van der Waals surface area contributed by atoms with Crippen molar-refractivity contribution in [2.45, 2.75) is 20.8 Å². The average molecular weight is 372 g/mol. The van der Waals surface area contributed by atoms with Crippen molar-refractivity contribution in [1.29, 1.82) is 10.5 Å². The molecular weight excluding hydrogens is 354 g/mol. The number of carbonyl (C=O) groups excluding carboxylic acids is 1. The van der Waals surface area contributed by atoms with Crippen LogP contribution in [-0.2, 0) is 4.74 Å².